The minimum atomic E-state index is -4.57. The van der Waals surface area contributed by atoms with Crippen molar-refractivity contribution in [3.63, 3.8) is 0 Å². The standard InChI is InChI=1S/C13H7Cl3F3NO/c14-7-2-9(15)12(10(16)3-7)8-1-6(13(17,18)19)4-20-11(8)5-21/h1-4,21H,5H2. The Kier molecular flexibility index (Phi) is 4.68. The number of aliphatic hydroxyl groups is 1. The lowest BCUT2D eigenvalue weighted by molar-refractivity contribution is -0.137. The third-order valence-electron chi connectivity index (χ3n) is 2.72. The normalized spacial score (nSPS) is 11.8. The minimum absolute atomic E-state index is 0.0130. The van der Waals surface area contributed by atoms with E-state index in [2.05, 4.69) is 4.98 Å². The molecular weight excluding hydrogens is 350 g/mol. The van der Waals surface area contributed by atoms with Crippen molar-refractivity contribution in [3.8, 4) is 11.1 Å². The minimum Gasteiger partial charge on any atom is -0.390 e. The quantitative estimate of drug-likeness (QED) is 0.800. The maximum Gasteiger partial charge on any atom is 0.417 e. The Balaban J connectivity index is 2.73. The number of rotatable bonds is 2. The van der Waals surface area contributed by atoms with E-state index in [1.807, 2.05) is 0 Å². The van der Waals surface area contributed by atoms with Gasteiger partial charge in [0.2, 0.25) is 0 Å². The summed E-state index contributed by atoms with van der Waals surface area (Å²) in [5, 5.41) is 9.65. The highest BCUT2D eigenvalue weighted by molar-refractivity contribution is 6.41. The monoisotopic (exact) mass is 355 g/mol. The molecule has 0 saturated heterocycles. The molecule has 0 fully saturated rings. The third-order valence-corrected chi connectivity index (χ3v) is 3.54. The molecule has 1 aromatic carbocycles. The number of hydrogen-bond donors (Lipinski definition) is 1. The van der Waals surface area contributed by atoms with Crippen molar-refractivity contribution in [2.75, 3.05) is 0 Å². The Morgan fingerprint density at radius 2 is 1.62 bits per heavy atom. The fourth-order valence-electron chi connectivity index (χ4n) is 1.79. The van der Waals surface area contributed by atoms with Gasteiger partial charge in [-0.15, -0.1) is 0 Å². The van der Waals surface area contributed by atoms with Crippen LogP contribution in [0.3, 0.4) is 0 Å². The van der Waals surface area contributed by atoms with Crippen molar-refractivity contribution in [1.82, 2.24) is 4.98 Å². The number of aromatic nitrogens is 1. The average molecular weight is 357 g/mol. The number of hydrogen-bond acceptors (Lipinski definition) is 2. The molecule has 2 aromatic rings. The highest BCUT2D eigenvalue weighted by atomic mass is 35.5. The van der Waals surface area contributed by atoms with Gasteiger partial charge in [-0.25, -0.2) is 0 Å². The average Bonchev–Trinajstić information content (AvgIpc) is 2.36. The van der Waals surface area contributed by atoms with Gasteiger partial charge in [-0.3, -0.25) is 4.98 Å². The second-order valence-corrected chi connectivity index (χ2v) is 5.37. The zero-order valence-electron chi connectivity index (χ0n) is 10.2. The molecule has 0 atom stereocenters. The van der Waals surface area contributed by atoms with Crippen LogP contribution >= 0.6 is 34.8 Å². The lowest BCUT2D eigenvalue weighted by atomic mass is 10.0. The Labute approximate surface area is 133 Å². The highest BCUT2D eigenvalue weighted by Crippen LogP contribution is 2.40. The largest absolute Gasteiger partial charge is 0.417 e. The predicted octanol–water partition coefficient (Wildman–Crippen LogP) is 5.22. The van der Waals surface area contributed by atoms with Crippen LogP contribution in [-0.4, -0.2) is 10.1 Å². The molecule has 2 nitrogen and oxygen atoms in total. The summed E-state index contributed by atoms with van der Waals surface area (Å²) in [7, 11) is 0. The molecule has 0 saturated carbocycles. The first kappa shape index (κ1) is 16.4. The summed E-state index contributed by atoms with van der Waals surface area (Å²) in [6.07, 6.45) is -3.92. The zero-order chi connectivity index (χ0) is 15.8. The van der Waals surface area contributed by atoms with E-state index in [4.69, 9.17) is 34.8 Å². The van der Waals surface area contributed by atoms with Crippen molar-refractivity contribution in [3.05, 3.63) is 50.7 Å². The summed E-state index contributed by atoms with van der Waals surface area (Å²) < 4.78 is 38.4. The summed E-state index contributed by atoms with van der Waals surface area (Å²) in [5.41, 5.74) is -0.768. The Bertz CT molecular complexity index is 666. The van der Waals surface area contributed by atoms with Crippen LogP contribution in [0.15, 0.2) is 24.4 Å². The van der Waals surface area contributed by atoms with Crippen molar-refractivity contribution in [2.24, 2.45) is 0 Å². The number of pyridine rings is 1. The van der Waals surface area contributed by atoms with Gasteiger partial charge in [-0.2, -0.15) is 13.2 Å². The first-order chi connectivity index (χ1) is 9.74. The summed E-state index contributed by atoms with van der Waals surface area (Å²) in [5.74, 6) is 0. The van der Waals surface area contributed by atoms with Gasteiger partial charge in [0.15, 0.2) is 0 Å². The molecule has 8 heteroatoms. The number of halogens is 6. The molecule has 0 amide bonds. The third kappa shape index (κ3) is 3.43. The van der Waals surface area contributed by atoms with Crippen LogP contribution in [0.4, 0.5) is 13.2 Å². The van der Waals surface area contributed by atoms with Gasteiger partial charge in [0.25, 0.3) is 0 Å². The van der Waals surface area contributed by atoms with Crippen molar-refractivity contribution < 1.29 is 18.3 Å². The molecule has 0 radical (unpaired) electrons. The van der Waals surface area contributed by atoms with E-state index in [9.17, 15) is 18.3 Å². The van der Waals surface area contributed by atoms with Crippen LogP contribution in [0, 0.1) is 0 Å². The van der Waals surface area contributed by atoms with E-state index in [1.165, 1.54) is 12.1 Å². The maximum atomic E-state index is 12.8. The SMILES string of the molecule is OCc1ncc(C(F)(F)F)cc1-c1c(Cl)cc(Cl)cc1Cl. The van der Waals surface area contributed by atoms with Gasteiger partial charge in [0.1, 0.15) is 0 Å². The number of nitrogens with zero attached hydrogens (tertiary/aromatic N) is 1. The fraction of sp³-hybridized carbons (Fsp3) is 0.154. The lowest BCUT2D eigenvalue weighted by Gasteiger charge is -2.14. The molecule has 1 N–H and O–H groups in total. The molecule has 0 unspecified atom stereocenters. The Morgan fingerprint density at radius 1 is 1.05 bits per heavy atom. The second kappa shape index (κ2) is 6.01. The van der Waals surface area contributed by atoms with E-state index in [1.54, 1.807) is 0 Å². The van der Waals surface area contributed by atoms with Gasteiger partial charge in [-0.1, -0.05) is 34.8 Å². The smallest absolute Gasteiger partial charge is 0.390 e. The molecule has 0 aliphatic rings. The van der Waals surface area contributed by atoms with Crippen molar-refractivity contribution in [2.45, 2.75) is 12.8 Å². The van der Waals surface area contributed by atoms with Crippen LogP contribution in [-0.2, 0) is 12.8 Å². The fourth-order valence-corrected chi connectivity index (χ4v) is 2.81. The van der Waals surface area contributed by atoms with Crippen LogP contribution in [0.2, 0.25) is 15.1 Å². The molecular formula is C13H7Cl3F3NO. The summed E-state index contributed by atoms with van der Waals surface area (Å²) in [6.45, 7) is -0.553. The van der Waals surface area contributed by atoms with E-state index >= 15 is 0 Å². The van der Waals surface area contributed by atoms with Crippen LogP contribution in [0.25, 0.3) is 11.1 Å². The van der Waals surface area contributed by atoms with Gasteiger partial charge in [0.05, 0.1) is 27.9 Å². The summed E-state index contributed by atoms with van der Waals surface area (Å²) in [6, 6.07) is 3.55. The van der Waals surface area contributed by atoms with E-state index in [0.717, 1.165) is 6.07 Å². The van der Waals surface area contributed by atoms with Crippen molar-refractivity contribution >= 4 is 34.8 Å². The molecule has 1 aromatic heterocycles. The summed E-state index contributed by atoms with van der Waals surface area (Å²) >= 11 is 17.8. The Morgan fingerprint density at radius 3 is 2.10 bits per heavy atom. The lowest BCUT2D eigenvalue weighted by Crippen LogP contribution is -2.07. The number of aliphatic hydroxyl groups excluding tert-OH is 1. The molecule has 21 heavy (non-hydrogen) atoms. The first-order valence-corrected chi connectivity index (χ1v) is 6.69. The van der Waals surface area contributed by atoms with E-state index < -0.39 is 18.3 Å². The molecule has 0 bridgehead atoms. The van der Waals surface area contributed by atoms with E-state index in [0.29, 0.717) is 6.20 Å². The van der Waals surface area contributed by atoms with Crippen LogP contribution < -0.4 is 0 Å². The van der Waals surface area contributed by atoms with Crippen LogP contribution in [0.1, 0.15) is 11.3 Å². The predicted molar refractivity (Wildman–Crippen MR) is 75.6 cm³/mol. The van der Waals surface area contributed by atoms with Crippen LogP contribution in [0.5, 0.6) is 0 Å². The number of alkyl halides is 3. The highest BCUT2D eigenvalue weighted by Gasteiger charge is 2.32. The molecule has 2 rings (SSSR count). The van der Waals surface area contributed by atoms with Gasteiger partial charge in [0, 0.05) is 22.3 Å². The molecule has 1 heterocycles. The molecule has 0 aliphatic heterocycles. The Hall–Kier alpha value is -1.01. The molecule has 0 aliphatic carbocycles. The number of benzene rings is 1. The zero-order valence-corrected chi connectivity index (χ0v) is 12.4. The first-order valence-electron chi connectivity index (χ1n) is 5.56. The maximum absolute atomic E-state index is 12.8. The van der Waals surface area contributed by atoms with E-state index in [-0.39, 0.29) is 31.9 Å². The molecule has 0 spiro atoms. The summed E-state index contributed by atoms with van der Waals surface area (Å²) in [4.78, 5) is 3.62. The topological polar surface area (TPSA) is 33.1 Å². The van der Waals surface area contributed by atoms with Crippen molar-refractivity contribution in [1.29, 1.82) is 0 Å². The van der Waals surface area contributed by atoms with Gasteiger partial charge in [-0.05, 0) is 18.2 Å². The molecule has 112 valence electrons. The van der Waals surface area contributed by atoms with Gasteiger partial charge >= 0.3 is 6.18 Å². The van der Waals surface area contributed by atoms with Gasteiger partial charge < -0.3 is 5.11 Å². The second-order valence-electron chi connectivity index (χ2n) is 4.12.